The fraction of sp³-hybridized carbons (Fsp3) is 0.833. The Morgan fingerprint density at radius 2 is 2.18 bits per heavy atom. The molecule has 0 radical (unpaired) electrons. The van der Waals surface area contributed by atoms with Crippen molar-refractivity contribution in [2.75, 3.05) is 6.61 Å². The molecule has 0 bridgehead atoms. The zero-order valence-electron chi connectivity index (χ0n) is 6.09. The molecule has 1 atom stereocenters. The van der Waals surface area contributed by atoms with Crippen molar-refractivity contribution >= 4 is 5.97 Å². The third-order valence-corrected chi connectivity index (χ3v) is 1.03. The molecule has 1 unspecified atom stereocenters. The molecule has 3 nitrogen and oxygen atoms in total. The maximum absolute atomic E-state index is 11.4. The van der Waals surface area contributed by atoms with Crippen molar-refractivity contribution < 1.29 is 23.4 Å². The van der Waals surface area contributed by atoms with E-state index in [0.717, 1.165) is 0 Å². The number of carboxylic acid groups (broad SMARTS) is 1. The molecule has 0 aliphatic heterocycles. The van der Waals surface area contributed by atoms with Crippen molar-refractivity contribution in [1.29, 1.82) is 0 Å². The first kappa shape index (κ1) is 10.3. The molecule has 0 aromatic carbocycles. The standard InChI is InChI=1S/C6H10F2O3/c1-4(2-5(9)10)3-11-6(7)8/h4,6H,2-3H2,1H3,(H,9,10). The van der Waals surface area contributed by atoms with E-state index in [0.29, 0.717) is 0 Å². The number of alkyl halides is 2. The second-order valence-corrected chi connectivity index (χ2v) is 2.30. The van der Waals surface area contributed by atoms with E-state index in [1.165, 1.54) is 6.92 Å². The molecule has 0 heterocycles. The molecule has 0 aliphatic carbocycles. The van der Waals surface area contributed by atoms with Gasteiger partial charge in [-0.25, -0.2) is 0 Å². The molecular formula is C6H10F2O3. The highest BCUT2D eigenvalue weighted by Crippen LogP contribution is 2.05. The number of carboxylic acids is 1. The summed E-state index contributed by atoms with van der Waals surface area (Å²) >= 11 is 0. The van der Waals surface area contributed by atoms with Crippen LogP contribution in [-0.2, 0) is 9.53 Å². The van der Waals surface area contributed by atoms with E-state index in [1.807, 2.05) is 0 Å². The SMILES string of the molecule is CC(COC(F)F)CC(=O)O. The van der Waals surface area contributed by atoms with Crippen LogP contribution in [0, 0.1) is 5.92 Å². The van der Waals surface area contributed by atoms with Gasteiger partial charge in [0.1, 0.15) is 0 Å². The van der Waals surface area contributed by atoms with Crippen LogP contribution in [0.4, 0.5) is 8.78 Å². The van der Waals surface area contributed by atoms with Crippen LogP contribution in [0.15, 0.2) is 0 Å². The van der Waals surface area contributed by atoms with E-state index in [9.17, 15) is 13.6 Å². The molecule has 11 heavy (non-hydrogen) atoms. The van der Waals surface area contributed by atoms with Crippen LogP contribution in [0.1, 0.15) is 13.3 Å². The van der Waals surface area contributed by atoms with Crippen LogP contribution in [0.2, 0.25) is 0 Å². The van der Waals surface area contributed by atoms with Gasteiger partial charge in [0.2, 0.25) is 0 Å². The molecule has 1 N–H and O–H groups in total. The lowest BCUT2D eigenvalue weighted by atomic mass is 10.1. The summed E-state index contributed by atoms with van der Waals surface area (Å²) in [5.41, 5.74) is 0. The Morgan fingerprint density at radius 3 is 2.55 bits per heavy atom. The quantitative estimate of drug-likeness (QED) is 0.673. The fourth-order valence-corrected chi connectivity index (χ4v) is 0.594. The minimum atomic E-state index is -2.81. The number of ether oxygens (including phenoxy) is 1. The normalized spacial score (nSPS) is 13.5. The lowest BCUT2D eigenvalue weighted by Gasteiger charge is -2.07. The van der Waals surface area contributed by atoms with Gasteiger partial charge in [-0.2, -0.15) is 8.78 Å². The molecule has 0 aromatic rings. The highest BCUT2D eigenvalue weighted by atomic mass is 19.3. The number of hydrogen-bond donors (Lipinski definition) is 1. The summed E-state index contributed by atoms with van der Waals surface area (Å²) < 4.78 is 26.6. The summed E-state index contributed by atoms with van der Waals surface area (Å²) in [4.78, 5) is 10.0. The molecule has 0 rings (SSSR count). The number of hydrogen-bond acceptors (Lipinski definition) is 2. The minimum absolute atomic E-state index is 0.146. The van der Waals surface area contributed by atoms with Gasteiger partial charge in [-0.15, -0.1) is 0 Å². The van der Waals surface area contributed by atoms with Crippen LogP contribution >= 0.6 is 0 Å². The van der Waals surface area contributed by atoms with E-state index in [-0.39, 0.29) is 18.9 Å². The van der Waals surface area contributed by atoms with Gasteiger partial charge in [-0.05, 0) is 5.92 Å². The zero-order chi connectivity index (χ0) is 8.85. The maximum atomic E-state index is 11.4. The van der Waals surface area contributed by atoms with Gasteiger partial charge in [0, 0.05) is 0 Å². The van der Waals surface area contributed by atoms with Gasteiger partial charge in [-0.1, -0.05) is 6.92 Å². The summed E-state index contributed by atoms with van der Waals surface area (Å²) in [5.74, 6) is -1.38. The second-order valence-electron chi connectivity index (χ2n) is 2.30. The summed E-state index contributed by atoms with van der Waals surface area (Å²) in [6.45, 7) is -1.49. The average molecular weight is 168 g/mol. The fourth-order valence-electron chi connectivity index (χ4n) is 0.594. The Bertz CT molecular complexity index is 127. The van der Waals surface area contributed by atoms with Gasteiger partial charge in [0.15, 0.2) is 0 Å². The smallest absolute Gasteiger partial charge is 0.345 e. The van der Waals surface area contributed by atoms with Gasteiger partial charge >= 0.3 is 12.6 Å². The topological polar surface area (TPSA) is 46.5 Å². The third kappa shape index (κ3) is 7.18. The summed E-state index contributed by atoms with van der Waals surface area (Å²) in [7, 11) is 0. The Kier molecular flexibility index (Phi) is 4.69. The van der Waals surface area contributed by atoms with Crippen LogP contribution < -0.4 is 0 Å². The molecule has 0 saturated carbocycles. The van der Waals surface area contributed by atoms with Crippen LogP contribution in [0.25, 0.3) is 0 Å². The van der Waals surface area contributed by atoms with E-state index >= 15 is 0 Å². The van der Waals surface area contributed by atoms with E-state index < -0.39 is 12.6 Å². The molecule has 0 fully saturated rings. The van der Waals surface area contributed by atoms with Gasteiger partial charge in [0.25, 0.3) is 0 Å². The number of aliphatic carboxylic acids is 1. The molecular weight excluding hydrogens is 158 g/mol. The Morgan fingerprint density at radius 1 is 1.64 bits per heavy atom. The van der Waals surface area contributed by atoms with E-state index in [1.54, 1.807) is 0 Å². The molecule has 0 aromatic heterocycles. The van der Waals surface area contributed by atoms with Crippen molar-refractivity contribution in [2.45, 2.75) is 20.0 Å². The average Bonchev–Trinajstić information content (AvgIpc) is 1.82. The molecule has 66 valence electrons. The number of rotatable bonds is 5. The predicted octanol–water partition coefficient (Wildman–Crippen LogP) is 1.34. The largest absolute Gasteiger partial charge is 0.481 e. The summed E-state index contributed by atoms with van der Waals surface area (Å²) in [6, 6.07) is 0. The zero-order valence-corrected chi connectivity index (χ0v) is 6.09. The van der Waals surface area contributed by atoms with Crippen LogP contribution in [-0.4, -0.2) is 24.3 Å². The minimum Gasteiger partial charge on any atom is -0.481 e. The van der Waals surface area contributed by atoms with Crippen LogP contribution in [0.5, 0.6) is 0 Å². The first-order chi connectivity index (χ1) is 5.02. The second kappa shape index (κ2) is 5.01. The first-order valence-corrected chi connectivity index (χ1v) is 3.14. The van der Waals surface area contributed by atoms with Crippen molar-refractivity contribution in [3.8, 4) is 0 Å². The van der Waals surface area contributed by atoms with E-state index in [4.69, 9.17) is 5.11 Å². The number of carbonyl (C=O) groups is 1. The molecule has 5 heteroatoms. The van der Waals surface area contributed by atoms with Crippen molar-refractivity contribution in [1.82, 2.24) is 0 Å². The lowest BCUT2D eigenvalue weighted by Crippen LogP contribution is -2.13. The van der Waals surface area contributed by atoms with Crippen LogP contribution in [0.3, 0.4) is 0 Å². The predicted molar refractivity (Wildman–Crippen MR) is 33.4 cm³/mol. The Labute approximate surface area is 63.0 Å². The first-order valence-electron chi connectivity index (χ1n) is 3.14. The Balaban J connectivity index is 3.37. The Hall–Kier alpha value is -0.710. The van der Waals surface area contributed by atoms with Gasteiger partial charge in [-0.3, -0.25) is 4.79 Å². The van der Waals surface area contributed by atoms with Gasteiger partial charge in [0.05, 0.1) is 13.0 Å². The van der Waals surface area contributed by atoms with Crippen molar-refractivity contribution in [3.05, 3.63) is 0 Å². The monoisotopic (exact) mass is 168 g/mol. The highest BCUT2D eigenvalue weighted by Gasteiger charge is 2.10. The summed E-state index contributed by atoms with van der Waals surface area (Å²) in [5, 5.41) is 8.21. The van der Waals surface area contributed by atoms with E-state index in [2.05, 4.69) is 4.74 Å². The highest BCUT2D eigenvalue weighted by molar-refractivity contribution is 5.66. The molecule has 0 aliphatic rings. The molecule has 0 saturated heterocycles. The summed E-state index contributed by atoms with van der Waals surface area (Å²) in [6.07, 6.45) is -0.146. The van der Waals surface area contributed by atoms with Crippen molar-refractivity contribution in [2.24, 2.45) is 5.92 Å². The van der Waals surface area contributed by atoms with Crippen molar-refractivity contribution in [3.63, 3.8) is 0 Å². The maximum Gasteiger partial charge on any atom is 0.345 e. The number of halogens is 2. The third-order valence-electron chi connectivity index (χ3n) is 1.03. The lowest BCUT2D eigenvalue weighted by molar-refractivity contribution is -0.147. The molecule has 0 amide bonds. The molecule has 0 spiro atoms. The van der Waals surface area contributed by atoms with Gasteiger partial charge < -0.3 is 9.84 Å².